The van der Waals surface area contributed by atoms with Crippen LogP contribution in [0.5, 0.6) is 11.5 Å². The Bertz CT molecular complexity index is 1170. The molecule has 156 valence electrons. The minimum absolute atomic E-state index is 0.0422. The minimum atomic E-state index is -0.775. The van der Waals surface area contributed by atoms with Crippen LogP contribution in [0.2, 0.25) is 0 Å². The predicted octanol–water partition coefficient (Wildman–Crippen LogP) is 5.10. The van der Waals surface area contributed by atoms with Gasteiger partial charge in [-0.2, -0.15) is 5.26 Å². The Balaban J connectivity index is 1.88. The molecule has 0 spiro atoms. The van der Waals surface area contributed by atoms with Crippen LogP contribution in [0, 0.1) is 23.0 Å². The van der Waals surface area contributed by atoms with Crippen LogP contribution < -0.4 is 14.8 Å². The van der Waals surface area contributed by atoms with Gasteiger partial charge < -0.3 is 14.8 Å². The monoisotopic (exact) mass is 420 g/mol. The van der Waals surface area contributed by atoms with Gasteiger partial charge in [-0.25, -0.2) is 8.78 Å². The van der Waals surface area contributed by atoms with E-state index in [1.807, 2.05) is 6.07 Å². The second-order valence-electron chi connectivity index (χ2n) is 6.39. The molecule has 3 rings (SSSR count). The van der Waals surface area contributed by atoms with E-state index in [0.29, 0.717) is 16.9 Å². The van der Waals surface area contributed by atoms with E-state index >= 15 is 0 Å². The van der Waals surface area contributed by atoms with Gasteiger partial charge in [-0.15, -0.1) is 0 Å². The Morgan fingerprint density at radius 1 is 1.06 bits per heavy atom. The highest BCUT2D eigenvalue weighted by Gasteiger charge is 2.14. The average molecular weight is 420 g/mol. The Labute approximate surface area is 178 Å². The van der Waals surface area contributed by atoms with Crippen LogP contribution in [0.4, 0.5) is 14.5 Å². The average Bonchev–Trinajstić information content (AvgIpc) is 2.78. The topological polar surface area (TPSA) is 71.3 Å². The van der Waals surface area contributed by atoms with Gasteiger partial charge in [0.05, 0.1) is 12.8 Å². The molecule has 0 saturated carbocycles. The number of rotatable bonds is 7. The van der Waals surface area contributed by atoms with E-state index in [0.717, 1.165) is 0 Å². The molecule has 3 aromatic carbocycles. The maximum Gasteiger partial charge on any atom is 0.266 e. The lowest BCUT2D eigenvalue weighted by Gasteiger charge is -2.12. The number of hydrogen-bond acceptors (Lipinski definition) is 4. The van der Waals surface area contributed by atoms with Crippen LogP contribution in [0.15, 0.2) is 72.3 Å². The summed E-state index contributed by atoms with van der Waals surface area (Å²) in [5, 5.41) is 11.8. The molecular weight excluding hydrogens is 402 g/mol. The van der Waals surface area contributed by atoms with Crippen molar-refractivity contribution >= 4 is 17.7 Å². The maximum absolute atomic E-state index is 13.9. The number of halogens is 2. The smallest absolute Gasteiger partial charge is 0.266 e. The molecular formula is C24H18F2N2O3. The molecule has 0 heterocycles. The third-order valence-electron chi connectivity index (χ3n) is 4.35. The minimum Gasteiger partial charge on any atom is -0.497 e. The zero-order chi connectivity index (χ0) is 22.2. The van der Waals surface area contributed by atoms with Crippen molar-refractivity contribution in [2.24, 2.45) is 0 Å². The van der Waals surface area contributed by atoms with Gasteiger partial charge in [0.2, 0.25) is 0 Å². The van der Waals surface area contributed by atoms with E-state index in [4.69, 9.17) is 9.47 Å². The lowest BCUT2D eigenvalue weighted by molar-refractivity contribution is -0.112. The van der Waals surface area contributed by atoms with Crippen LogP contribution in [0.1, 0.15) is 11.1 Å². The van der Waals surface area contributed by atoms with Crippen molar-refractivity contribution in [1.82, 2.24) is 0 Å². The van der Waals surface area contributed by atoms with Gasteiger partial charge in [-0.3, -0.25) is 4.79 Å². The fourth-order valence-electron chi connectivity index (χ4n) is 2.71. The van der Waals surface area contributed by atoms with Crippen molar-refractivity contribution in [3.63, 3.8) is 0 Å². The summed E-state index contributed by atoms with van der Waals surface area (Å²) in [5.74, 6) is -1.04. The largest absolute Gasteiger partial charge is 0.497 e. The molecule has 0 saturated heterocycles. The molecule has 0 aromatic heterocycles. The molecule has 7 heteroatoms. The number of hydrogen-bond donors (Lipinski definition) is 1. The van der Waals surface area contributed by atoms with Gasteiger partial charge in [0.25, 0.3) is 5.91 Å². The zero-order valence-corrected chi connectivity index (χ0v) is 16.6. The summed E-state index contributed by atoms with van der Waals surface area (Å²) in [7, 11) is 1.48. The number of amides is 1. The molecule has 0 radical (unpaired) electrons. The van der Waals surface area contributed by atoms with E-state index in [9.17, 15) is 18.8 Å². The second-order valence-corrected chi connectivity index (χ2v) is 6.39. The van der Waals surface area contributed by atoms with Crippen LogP contribution in [-0.4, -0.2) is 13.0 Å². The molecule has 0 fully saturated rings. The predicted molar refractivity (Wildman–Crippen MR) is 112 cm³/mol. The van der Waals surface area contributed by atoms with Gasteiger partial charge >= 0.3 is 0 Å². The first-order valence-corrected chi connectivity index (χ1v) is 9.23. The van der Waals surface area contributed by atoms with Crippen LogP contribution in [0.3, 0.4) is 0 Å². The number of ether oxygens (including phenoxy) is 2. The zero-order valence-electron chi connectivity index (χ0n) is 16.6. The first kappa shape index (κ1) is 21.5. The SMILES string of the molecule is COc1ccc(/C=C(\C#N)C(=O)Nc2ccccc2F)c(OCc2ccccc2F)c1. The van der Waals surface area contributed by atoms with E-state index in [1.165, 1.54) is 37.5 Å². The summed E-state index contributed by atoms with van der Waals surface area (Å²) in [6, 6.07) is 18.4. The van der Waals surface area contributed by atoms with Crippen molar-refractivity contribution < 1.29 is 23.0 Å². The standard InChI is InChI=1S/C24H18F2N2O3/c1-30-19-11-10-16(23(13-19)31-15-17-6-2-3-7-20(17)25)12-18(14-27)24(29)28-22-9-5-4-8-21(22)26/h2-13H,15H2,1H3,(H,28,29)/b18-12+. The lowest BCUT2D eigenvalue weighted by atomic mass is 10.1. The van der Waals surface area contributed by atoms with Crippen molar-refractivity contribution in [2.45, 2.75) is 6.61 Å². The third-order valence-corrected chi connectivity index (χ3v) is 4.35. The maximum atomic E-state index is 13.9. The number of benzene rings is 3. The number of para-hydroxylation sites is 1. The molecule has 0 aliphatic rings. The number of nitrogens with zero attached hydrogens (tertiary/aromatic N) is 1. The van der Waals surface area contributed by atoms with Crippen LogP contribution in [-0.2, 0) is 11.4 Å². The fourth-order valence-corrected chi connectivity index (χ4v) is 2.71. The first-order chi connectivity index (χ1) is 15.0. The molecule has 0 aliphatic carbocycles. The summed E-state index contributed by atoms with van der Waals surface area (Å²) in [6.45, 7) is -0.0655. The number of carbonyl (C=O) groups excluding carboxylic acids is 1. The molecule has 0 atom stereocenters. The molecule has 0 unspecified atom stereocenters. The molecule has 1 N–H and O–H groups in total. The highest BCUT2D eigenvalue weighted by molar-refractivity contribution is 6.09. The number of nitriles is 1. The molecule has 31 heavy (non-hydrogen) atoms. The van der Waals surface area contributed by atoms with E-state index in [1.54, 1.807) is 42.5 Å². The number of anilines is 1. The molecule has 5 nitrogen and oxygen atoms in total. The van der Waals surface area contributed by atoms with E-state index < -0.39 is 17.5 Å². The van der Waals surface area contributed by atoms with E-state index in [-0.39, 0.29) is 23.6 Å². The number of carbonyl (C=O) groups is 1. The Morgan fingerprint density at radius 3 is 2.45 bits per heavy atom. The number of methoxy groups -OCH3 is 1. The van der Waals surface area contributed by atoms with Gasteiger partial charge in [0, 0.05) is 17.2 Å². The summed E-state index contributed by atoms with van der Waals surface area (Å²) < 4.78 is 38.6. The normalized spacial score (nSPS) is 10.8. The molecule has 0 aliphatic heterocycles. The fraction of sp³-hybridized carbons (Fsp3) is 0.0833. The highest BCUT2D eigenvalue weighted by atomic mass is 19.1. The van der Waals surface area contributed by atoms with Gasteiger partial charge in [-0.1, -0.05) is 30.3 Å². The Morgan fingerprint density at radius 2 is 1.77 bits per heavy atom. The van der Waals surface area contributed by atoms with Crippen LogP contribution >= 0.6 is 0 Å². The van der Waals surface area contributed by atoms with Crippen molar-refractivity contribution in [2.75, 3.05) is 12.4 Å². The summed E-state index contributed by atoms with van der Waals surface area (Å²) in [6.07, 6.45) is 1.31. The molecule has 1 amide bonds. The summed E-state index contributed by atoms with van der Waals surface area (Å²) >= 11 is 0. The highest BCUT2D eigenvalue weighted by Crippen LogP contribution is 2.28. The van der Waals surface area contributed by atoms with Crippen molar-refractivity contribution in [1.29, 1.82) is 5.26 Å². The third kappa shape index (κ3) is 5.46. The first-order valence-electron chi connectivity index (χ1n) is 9.23. The summed E-state index contributed by atoms with van der Waals surface area (Å²) in [4.78, 5) is 12.5. The van der Waals surface area contributed by atoms with Crippen molar-refractivity contribution in [3.8, 4) is 17.6 Å². The second kappa shape index (κ2) is 10.0. The number of nitrogens with one attached hydrogen (secondary N) is 1. The quantitative estimate of drug-likeness (QED) is 0.427. The van der Waals surface area contributed by atoms with Gasteiger partial charge in [-0.05, 0) is 36.4 Å². The Hall–Kier alpha value is -4.18. The lowest BCUT2D eigenvalue weighted by Crippen LogP contribution is -2.14. The van der Waals surface area contributed by atoms with Gasteiger partial charge in [0.15, 0.2) is 0 Å². The summed E-state index contributed by atoms with van der Waals surface area (Å²) in [5.41, 5.74) is 0.444. The van der Waals surface area contributed by atoms with Crippen LogP contribution in [0.25, 0.3) is 6.08 Å². The Kier molecular flexibility index (Phi) is 6.97. The van der Waals surface area contributed by atoms with E-state index in [2.05, 4.69) is 5.32 Å². The molecule has 0 bridgehead atoms. The van der Waals surface area contributed by atoms with Crippen molar-refractivity contribution in [3.05, 3.63) is 95.1 Å². The molecule has 3 aromatic rings. The van der Waals surface area contributed by atoms with Gasteiger partial charge in [0.1, 0.15) is 41.4 Å².